The second kappa shape index (κ2) is 10.2. The van der Waals surface area contributed by atoms with Gasteiger partial charge in [-0.1, -0.05) is 25.9 Å². The number of nitrogens with one attached hydrogen (secondary N) is 2. The molecule has 0 unspecified atom stereocenters. The van der Waals surface area contributed by atoms with Gasteiger partial charge in [0.15, 0.2) is 11.7 Å². The first-order valence-corrected chi connectivity index (χ1v) is 9.91. The summed E-state index contributed by atoms with van der Waals surface area (Å²) in [5.74, 6) is 2.06. The van der Waals surface area contributed by atoms with E-state index in [9.17, 15) is 0 Å². The minimum absolute atomic E-state index is 0.473. The number of aliphatic imine (C=N–C) groups is 1. The lowest BCUT2D eigenvalue weighted by molar-refractivity contribution is 0.368. The number of thiazole rings is 1. The van der Waals surface area contributed by atoms with Gasteiger partial charge in [-0.25, -0.2) is 4.98 Å². The van der Waals surface area contributed by atoms with E-state index in [2.05, 4.69) is 51.9 Å². The fourth-order valence-electron chi connectivity index (χ4n) is 2.64. The maximum atomic E-state index is 5.43. The van der Waals surface area contributed by atoms with E-state index < -0.39 is 0 Å². The third kappa shape index (κ3) is 5.85. The maximum Gasteiger partial charge on any atom is 0.191 e. The zero-order chi connectivity index (χ0) is 18.1. The molecule has 6 nitrogen and oxygen atoms in total. The molecule has 0 fully saturated rings. The summed E-state index contributed by atoms with van der Waals surface area (Å²) in [6.45, 7) is 7.85. The van der Waals surface area contributed by atoms with E-state index >= 15 is 0 Å². The fourth-order valence-corrected chi connectivity index (χ4v) is 3.42. The fraction of sp³-hybridized carbons (Fsp3) is 0.611. The van der Waals surface area contributed by atoms with Crippen LogP contribution in [-0.2, 0) is 19.4 Å². The first-order valence-electron chi connectivity index (χ1n) is 9.03. The minimum Gasteiger partial charge on any atom is -0.359 e. The van der Waals surface area contributed by atoms with E-state index in [1.54, 1.807) is 18.4 Å². The van der Waals surface area contributed by atoms with Crippen molar-refractivity contribution in [3.63, 3.8) is 0 Å². The summed E-state index contributed by atoms with van der Waals surface area (Å²) in [6, 6.07) is 2.04. The Morgan fingerprint density at radius 2 is 2.08 bits per heavy atom. The van der Waals surface area contributed by atoms with Crippen molar-refractivity contribution < 1.29 is 4.52 Å². The highest BCUT2D eigenvalue weighted by Crippen LogP contribution is 2.22. The van der Waals surface area contributed by atoms with Crippen molar-refractivity contribution in [1.29, 1.82) is 0 Å². The zero-order valence-corrected chi connectivity index (χ0v) is 16.4. The van der Waals surface area contributed by atoms with Gasteiger partial charge in [0.25, 0.3) is 0 Å². The molecule has 2 rings (SSSR count). The van der Waals surface area contributed by atoms with Crippen LogP contribution in [0.2, 0.25) is 0 Å². The molecule has 2 aromatic rings. The molecule has 2 aromatic heterocycles. The van der Waals surface area contributed by atoms with Crippen LogP contribution in [0.5, 0.6) is 0 Å². The Bertz CT molecular complexity index is 660. The van der Waals surface area contributed by atoms with Crippen molar-refractivity contribution in [1.82, 2.24) is 20.8 Å². The van der Waals surface area contributed by atoms with Crippen LogP contribution in [0.15, 0.2) is 21.0 Å². The van der Waals surface area contributed by atoms with Gasteiger partial charge in [-0.2, -0.15) is 0 Å². The van der Waals surface area contributed by atoms with Crippen LogP contribution < -0.4 is 10.6 Å². The summed E-state index contributed by atoms with van der Waals surface area (Å²) in [5, 5.41) is 14.1. The molecule has 0 aliphatic carbocycles. The average molecular weight is 364 g/mol. The molecule has 138 valence electrons. The van der Waals surface area contributed by atoms with Crippen molar-refractivity contribution in [3.05, 3.63) is 33.6 Å². The average Bonchev–Trinajstić information content (AvgIpc) is 3.28. The highest BCUT2D eigenvalue weighted by atomic mass is 32.1. The quantitative estimate of drug-likeness (QED) is 0.527. The molecule has 0 aliphatic rings. The van der Waals surface area contributed by atoms with Crippen LogP contribution in [0, 0.1) is 0 Å². The minimum atomic E-state index is 0.473. The van der Waals surface area contributed by atoms with Gasteiger partial charge in [0.1, 0.15) is 0 Å². The standard InChI is InChI=1S/C18H29N5OS/c1-5-13(6-2)16-10-15(24-23-16)11-21-18(19-4)20-9-8-14-12-25-17(7-3)22-14/h10,12-13H,5-9,11H2,1-4H3,(H2,19,20,21). The lowest BCUT2D eigenvalue weighted by atomic mass is 9.99. The Balaban J connectivity index is 1.76. The summed E-state index contributed by atoms with van der Waals surface area (Å²) >= 11 is 1.73. The second-order valence-electron chi connectivity index (χ2n) is 5.92. The lowest BCUT2D eigenvalue weighted by Crippen LogP contribution is -2.37. The second-order valence-corrected chi connectivity index (χ2v) is 6.86. The Kier molecular flexibility index (Phi) is 7.91. The Morgan fingerprint density at radius 1 is 1.28 bits per heavy atom. The van der Waals surface area contributed by atoms with Gasteiger partial charge in [-0.15, -0.1) is 11.3 Å². The maximum absolute atomic E-state index is 5.43. The topological polar surface area (TPSA) is 75.3 Å². The van der Waals surface area contributed by atoms with Gasteiger partial charge in [0.2, 0.25) is 0 Å². The Morgan fingerprint density at radius 3 is 2.72 bits per heavy atom. The lowest BCUT2D eigenvalue weighted by Gasteiger charge is -2.10. The molecule has 7 heteroatoms. The van der Waals surface area contributed by atoms with E-state index in [0.29, 0.717) is 12.5 Å². The Labute approximate surface area is 154 Å². The highest BCUT2D eigenvalue weighted by molar-refractivity contribution is 7.09. The van der Waals surface area contributed by atoms with Crippen LogP contribution in [0.4, 0.5) is 0 Å². The molecule has 0 spiro atoms. The molecule has 0 saturated carbocycles. The number of nitrogens with zero attached hydrogens (tertiary/aromatic N) is 3. The van der Waals surface area contributed by atoms with E-state index in [4.69, 9.17) is 4.52 Å². The molecule has 0 saturated heterocycles. The highest BCUT2D eigenvalue weighted by Gasteiger charge is 2.13. The summed E-state index contributed by atoms with van der Waals surface area (Å²) in [6.07, 6.45) is 4.04. The van der Waals surface area contributed by atoms with Crippen LogP contribution in [0.25, 0.3) is 0 Å². The molecule has 0 bridgehead atoms. The van der Waals surface area contributed by atoms with Crippen LogP contribution in [0.1, 0.15) is 61.7 Å². The van der Waals surface area contributed by atoms with E-state index in [1.165, 1.54) is 5.01 Å². The normalized spacial score (nSPS) is 12.0. The third-order valence-corrected chi connectivity index (χ3v) is 5.25. The number of guanidine groups is 1. The number of hydrogen-bond acceptors (Lipinski definition) is 5. The first-order chi connectivity index (χ1) is 12.2. The van der Waals surface area contributed by atoms with Crippen molar-refractivity contribution in [2.75, 3.05) is 13.6 Å². The smallest absolute Gasteiger partial charge is 0.191 e. The summed E-state index contributed by atoms with van der Waals surface area (Å²) in [4.78, 5) is 8.82. The predicted octanol–water partition coefficient (Wildman–Crippen LogP) is 3.50. The third-order valence-electron chi connectivity index (χ3n) is 4.21. The van der Waals surface area contributed by atoms with Gasteiger partial charge < -0.3 is 15.2 Å². The zero-order valence-electron chi connectivity index (χ0n) is 15.6. The molecular formula is C18H29N5OS. The van der Waals surface area contributed by atoms with Gasteiger partial charge in [0.05, 0.1) is 22.9 Å². The SMILES string of the molecule is CCc1nc(CCNC(=NC)NCc2cc(C(CC)CC)no2)cs1. The predicted molar refractivity (Wildman–Crippen MR) is 103 cm³/mol. The number of aryl methyl sites for hydroxylation is 1. The van der Waals surface area contributed by atoms with Gasteiger partial charge in [-0.05, 0) is 19.3 Å². The number of rotatable bonds is 9. The summed E-state index contributed by atoms with van der Waals surface area (Å²) in [7, 11) is 1.77. The summed E-state index contributed by atoms with van der Waals surface area (Å²) < 4.78 is 5.43. The molecule has 0 radical (unpaired) electrons. The van der Waals surface area contributed by atoms with Crippen molar-refractivity contribution in [2.45, 2.75) is 58.9 Å². The summed E-state index contributed by atoms with van der Waals surface area (Å²) in [5.41, 5.74) is 2.18. The van der Waals surface area contributed by atoms with Crippen molar-refractivity contribution >= 4 is 17.3 Å². The van der Waals surface area contributed by atoms with Crippen LogP contribution in [-0.4, -0.2) is 29.7 Å². The van der Waals surface area contributed by atoms with Crippen molar-refractivity contribution in [3.8, 4) is 0 Å². The molecule has 2 N–H and O–H groups in total. The van der Waals surface area contributed by atoms with Crippen LogP contribution in [0.3, 0.4) is 0 Å². The molecular weight excluding hydrogens is 334 g/mol. The van der Waals surface area contributed by atoms with Crippen LogP contribution >= 0.6 is 11.3 Å². The van der Waals surface area contributed by atoms with Crippen molar-refractivity contribution in [2.24, 2.45) is 4.99 Å². The largest absolute Gasteiger partial charge is 0.359 e. The van der Waals surface area contributed by atoms with Gasteiger partial charge in [-0.3, -0.25) is 4.99 Å². The monoisotopic (exact) mass is 363 g/mol. The van der Waals surface area contributed by atoms with E-state index in [-0.39, 0.29) is 0 Å². The molecule has 0 aromatic carbocycles. The van der Waals surface area contributed by atoms with Gasteiger partial charge >= 0.3 is 0 Å². The molecule has 0 atom stereocenters. The molecule has 2 heterocycles. The van der Waals surface area contributed by atoms with E-state index in [0.717, 1.165) is 55.3 Å². The molecule has 0 amide bonds. The Hall–Kier alpha value is -1.89. The van der Waals surface area contributed by atoms with E-state index in [1.807, 2.05) is 6.07 Å². The van der Waals surface area contributed by atoms with Gasteiger partial charge in [0, 0.05) is 37.4 Å². The number of aromatic nitrogens is 2. The molecule has 0 aliphatic heterocycles. The number of hydrogen-bond donors (Lipinski definition) is 2. The molecule has 25 heavy (non-hydrogen) atoms. The first kappa shape index (κ1) is 19.4.